The van der Waals surface area contributed by atoms with Gasteiger partial charge in [-0.2, -0.15) is 4.31 Å². The highest BCUT2D eigenvalue weighted by atomic mass is 35.5. The number of amides is 1. The van der Waals surface area contributed by atoms with Crippen molar-refractivity contribution in [1.82, 2.24) is 9.21 Å². The smallest absolute Gasteiger partial charge is 0.243 e. The van der Waals surface area contributed by atoms with Crippen LogP contribution in [-0.4, -0.2) is 43.2 Å². The van der Waals surface area contributed by atoms with E-state index in [9.17, 15) is 13.2 Å². The second kappa shape index (κ2) is 9.91. The van der Waals surface area contributed by atoms with Crippen molar-refractivity contribution < 1.29 is 22.0 Å². The molecule has 32 heavy (non-hydrogen) atoms. The summed E-state index contributed by atoms with van der Waals surface area (Å²) < 4.78 is 38.0. The average molecular weight is 478 g/mol. The number of anilines is 1. The van der Waals surface area contributed by atoms with Crippen LogP contribution in [0.4, 0.5) is 5.69 Å². The molecule has 0 unspecified atom stereocenters. The van der Waals surface area contributed by atoms with Gasteiger partial charge >= 0.3 is 0 Å². The topological polar surface area (TPSA) is 96.0 Å². The summed E-state index contributed by atoms with van der Waals surface area (Å²) in [7, 11) is -3.62. The minimum Gasteiger partial charge on any atom is -0.468 e. The van der Waals surface area contributed by atoms with E-state index in [4.69, 9.17) is 20.4 Å². The maximum Gasteiger partial charge on any atom is 0.243 e. The van der Waals surface area contributed by atoms with Gasteiger partial charge in [-0.3, -0.25) is 9.69 Å². The van der Waals surface area contributed by atoms with Crippen molar-refractivity contribution in [1.29, 1.82) is 0 Å². The zero-order valence-corrected chi connectivity index (χ0v) is 18.9. The largest absolute Gasteiger partial charge is 0.468 e. The first-order valence-corrected chi connectivity index (χ1v) is 12.1. The van der Waals surface area contributed by atoms with Crippen LogP contribution in [0.3, 0.4) is 0 Å². The van der Waals surface area contributed by atoms with E-state index in [1.165, 1.54) is 22.5 Å². The van der Waals surface area contributed by atoms with Crippen LogP contribution in [0.1, 0.15) is 24.4 Å². The maximum absolute atomic E-state index is 12.9. The first-order valence-electron chi connectivity index (χ1n) is 10.3. The number of benzene rings is 1. The lowest BCUT2D eigenvalue weighted by Gasteiger charge is -2.20. The van der Waals surface area contributed by atoms with E-state index in [0.717, 1.165) is 12.8 Å². The Morgan fingerprint density at radius 3 is 2.22 bits per heavy atom. The van der Waals surface area contributed by atoms with Crippen molar-refractivity contribution in [2.45, 2.75) is 30.8 Å². The van der Waals surface area contributed by atoms with Crippen LogP contribution in [0, 0.1) is 0 Å². The van der Waals surface area contributed by atoms with Gasteiger partial charge < -0.3 is 14.2 Å². The molecule has 0 saturated carbocycles. The predicted molar refractivity (Wildman–Crippen MR) is 120 cm³/mol. The summed E-state index contributed by atoms with van der Waals surface area (Å²) in [6.45, 7) is 1.83. The van der Waals surface area contributed by atoms with Gasteiger partial charge in [-0.15, -0.1) is 0 Å². The number of carbonyl (C=O) groups is 1. The van der Waals surface area contributed by atoms with Crippen LogP contribution >= 0.6 is 11.6 Å². The lowest BCUT2D eigenvalue weighted by Crippen LogP contribution is -2.32. The fraction of sp³-hybridized carbons (Fsp3) is 0.318. The molecule has 8 nitrogen and oxygen atoms in total. The minimum absolute atomic E-state index is 0.0286. The molecule has 0 aliphatic carbocycles. The van der Waals surface area contributed by atoms with E-state index in [0.29, 0.717) is 37.7 Å². The van der Waals surface area contributed by atoms with Crippen molar-refractivity contribution in [3.63, 3.8) is 0 Å². The van der Waals surface area contributed by atoms with E-state index in [1.807, 2.05) is 17.0 Å². The molecule has 1 N–H and O–H groups in total. The molecule has 2 aromatic heterocycles. The Bertz CT molecular complexity index is 1100. The van der Waals surface area contributed by atoms with Gasteiger partial charge in [-0.1, -0.05) is 11.6 Å². The van der Waals surface area contributed by atoms with E-state index in [-0.39, 0.29) is 28.1 Å². The molecule has 0 bridgehead atoms. The lowest BCUT2D eigenvalue weighted by molar-refractivity contribution is -0.117. The summed E-state index contributed by atoms with van der Waals surface area (Å²) in [5.74, 6) is 1.09. The van der Waals surface area contributed by atoms with Gasteiger partial charge in [-0.05, 0) is 55.3 Å². The van der Waals surface area contributed by atoms with Gasteiger partial charge in [0.15, 0.2) is 0 Å². The van der Waals surface area contributed by atoms with Gasteiger partial charge in [0.1, 0.15) is 11.5 Å². The normalized spacial score (nSPS) is 14.8. The number of nitrogens with one attached hydrogen (secondary N) is 1. The molecule has 1 aromatic carbocycles. The summed E-state index contributed by atoms with van der Waals surface area (Å²) in [5, 5.41) is 3.01. The Morgan fingerprint density at radius 1 is 1.03 bits per heavy atom. The van der Waals surface area contributed by atoms with Crippen LogP contribution in [0.5, 0.6) is 0 Å². The van der Waals surface area contributed by atoms with Crippen LogP contribution in [0.2, 0.25) is 5.02 Å². The molecule has 0 spiro atoms. The first kappa shape index (κ1) is 22.6. The van der Waals surface area contributed by atoms with Crippen molar-refractivity contribution in [2.24, 2.45) is 0 Å². The van der Waals surface area contributed by atoms with E-state index in [1.54, 1.807) is 24.7 Å². The molecule has 3 heterocycles. The number of halogens is 1. The molecule has 0 radical (unpaired) electrons. The monoisotopic (exact) mass is 477 g/mol. The predicted octanol–water partition coefficient (Wildman–Crippen LogP) is 3.95. The third kappa shape index (κ3) is 5.42. The van der Waals surface area contributed by atoms with Crippen LogP contribution < -0.4 is 5.32 Å². The summed E-state index contributed by atoms with van der Waals surface area (Å²) in [6, 6.07) is 11.6. The van der Waals surface area contributed by atoms with Gasteiger partial charge in [0.25, 0.3) is 0 Å². The molecule has 1 aliphatic rings. The van der Waals surface area contributed by atoms with Crippen molar-refractivity contribution in [2.75, 3.05) is 25.0 Å². The number of furan rings is 2. The number of sulfonamides is 1. The van der Waals surface area contributed by atoms with Crippen LogP contribution in [0.25, 0.3) is 0 Å². The van der Waals surface area contributed by atoms with Gasteiger partial charge in [-0.25, -0.2) is 8.42 Å². The summed E-state index contributed by atoms with van der Waals surface area (Å²) >= 11 is 6.25. The summed E-state index contributed by atoms with van der Waals surface area (Å²) in [6.07, 6.45) is 4.84. The number of rotatable bonds is 9. The quantitative estimate of drug-likeness (QED) is 0.501. The van der Waals surface area contributed by atoms with Crippen LogP contribution in [0.15, 0.2) is 68.7 Å². The van der Waals surface area contributed by atoms with Gasteiger partial charge in [0.2, 0.25) is 15.9 Å². The lowest BCUT2D eigenvalue weighted by atomic mass is 10.3. The molecule has 10 heteroatoms. The number of hydrogen-bond donors (Lipinski definition) is 1. The Hall–Kier alpha value is -2.59. The average Bonchev–Trinajstić information content (AvgIpc) is 3.53. The van der Waals surface area contributed by atoms with E-state index < -0.39 is 10.0 Å². The van der Waals surface area contributed by atoms with Crippen LogP contribution in [-0.2, 0) is 27.9 Å². The Labute approximate surface area is 191 Å². The van der Waals surface area contributed by atoms with Crippen molar-refractivity contribution >= 4 is 33.2 Å². The number of hydrogen-bond acceptors (Lipinski definition) is 6. The molecule has 3 aromatic rings. The van der Waals surface area contributed by atoms with E-state index in [2.05, 4.69) is 5.32 Å². The molecule has 0 atom stereocenters. The fourth-order valence-corrected chi connectivity index (χ4v) is 5.35. The first-order chi connectivity index (χ1) is 15.4. The number of nitrogens with zero attached hydrogens (tertiary/aromatic N) is 2. The highest BCUT2D eigenvalue weighted by Crippen LogP contribution is 2.28. The second-order valence-electron chi connectivity index (χ2n) is 7.60. The molecule has 170 valence electrons. The molecule has 1 aliphatic heterocycles. The summed E-state index contributed by atoms with van der Waals surface area (Å²) in [5.41, 5.74) is 0.257. The minimum atomic E-state index is -3.62. The van der Waals surface area contributed by atoms with Crippen molar-refractivity contribution in [3.05, 3.63) is 71.5 Å². The SMILES string of the molecule is O=C(CN(Cc1ccco1)Cc1ccco1)Nc1cc(S(=O)(=O)N2CCCC2)ccc1Cl. The van der Waals surface area contributed by atoms with Gasteiger partial charge in [0, 0.05) is 13.1 Å². The fourth-order valence-electron chi connectivity index (χ4n) is 3.64. The van der Waals surface area contributed by atoms with E-state index >= 15 is 0 Å². The molecular formula is C22H24ClN3O5S. The van der Waals surface area contributed by atoms with Crippen molar-refractivity contribution in [3.8, 4) is 0 Å². The second-order valence-corrected chi connectivity index (χ2v) is 9.95. The number of carbonyl (C=O) groups excluding carboxylic acids is 1. The third-order valence-corrected chi connectivity index (χ3v) is 7.43. The highest BCUT2D eigenvalue weighted by Gasteiger charge is 2.28. The molecular weight excluding hydrogens is 454 g/mol. The summed E-state index contributed by atoms with van der Waals surface area (Å²) in [4.78, 5) is 14.8. The zero-order chi connectivity index (χ0) is 22.6. The Balaban J connectivity index is 1.48. The zero-order valence-electron chi connectivity index (χ0n) is 17.4. The molecule has 4 rings (SSSR count). The third-order valence-electron chi connectivity index (χ3n) is 5.20. The highest BCUT2D eigenvalue weighted by molar-refractivity contribution is 7.89. The molecule has 1 fully saturated rings. The molecule has 1 amide bonds. The Kier molecular flexibility index (Phi) is 7.00. The Morgan fingerprint density at radius 2 is 1.66 bits per heavy atom. The van der Waals surface area contributed by atoms with Gasteiger partial charge in [0.05, 0.1) is 47.8 Å². The standard InChI is InChI=1S/C22H24ClN3O5S/c23-20-8-7-19(32(28,29)26-9-1-2-10-26)13-21(20)24-22(27)16-25(14-17-5-3-11-30-17)15-18-6-4-12-31-18/h3-8,11-13H,1-2,9-10,14-16H2,(H,24,27). The molecule has 1 saturated heterocycles. The maximum atomic E-state index is 12.9.